The molecule has 0 spiro atoms. The van der Waals surface area contributed by atoms with Gasteiger partial charge in [-0.15, -0.1) is 0 Å². The minimum atomic E-state index is -0.322. The number of hydrogen-bond acceptors (Lipinski definition) is 3. The van der Waals surface area contributed by atoms with Gasteiger partial charge < -0.3 is 9.47 Å². The van der Waals surface area contributed by atoms with Crippen LogP contribution >= 0.6 is 0 Å². The van der Waals surface area contributed by atoms with Gasteiger partial charge in [-0.2, -0.15) is 0 Å². The molecule has 0 radical (unpaired) electrons. The molecule has 2 rings (SSSR count). The molecule has 0 aliphatic carbocycles. The molecule has 3 nitrogen and oxygen atoms in total. The van der Waals surface area contributed by atoms with Crippen molar-refractivity contribution in [2.75, 3.05) is 14.2 Å². The molecule has 0 aromatic heterocycles. The minimum absolute atomic E-state index is 0.0954. The molecule has 4 heteroatoms. The Hall–Kier alpha value is -2.62. The lowest BCUT2D eigenvalue weighted by Crippen LogP contribution is -1.97. The number of benzene rings is 2. The van der Waals surface area contributed by atoms with Crippen molar-refractivity contribution in [1.29, 1.82) is 0 Å². The molecule has 0 heterocycles. The molecular formula is C24H33FO3. The van der Waals surface area contributed by atoms with Crippen LogP contribution in [0.2, 0.25) is 0 Å². The summed E-state index contributed by atoms with van der Waals surface area (Å²) in [6.07, 6.45) is 2.11. The number of carbonyl (C=O) groups is 1. The van der Waals surface area contributed by atoms with E-state index in [4.69, 9.17) is 9.47 Å². The second-order valence-corrected chi connectivity index (χ2v) is 5.89. The zero-order chi connectivity index (χ0) is 21.7. The highest BCUT2D eigenvalue weighted by atomic mass is 19.1. The van der Waals surface area contributed by atoms with E-state index in [0.29, 0.717) is 11.1 Å². The maximum absolute atomic E-state index is 12.8. The first-order valence-corrected chi connectivity index (χ1v) is 9.51. The summed E-state index contributed by atoms with van der Waals surface area (Å²) >= 11 is 0. The zero-order valence-corrected chi connectivity index (χ0v) is 18.2. The Morgan fingerprint density at radius 2 is 1.68 bits per heavy atom. The predicted octanol–water partition coefficient (Wildman–Crippen LogP) is 6.88. The molecule has 2 aromatic rings. The molecule has 0 aliphatic heterocycles. The summed E-state index contributed by atoms with van der Waals surface area (Å²) in [7, 11) is 3.28. The fourth-order valence-corrected chi connectivity index (χ4v) is 2.49. The van der Waals surface area contributed by atoms with Crippen LogP contribution in [0.1, 0.15) is 62.0 Å². The van der Waals surface area contributed by atoms with Gasteiger partial charge in [0.2, 0.25) is 0 Å². The molecule has 0 amide bonds. The van der Waals surface area contributed by atoms with Crippen LogP contribution in [-0.2, 0) is 0 Å². The van der Waals surface area contributed by atoms with E-state index in [9.17, 15) is 9.18 Å². The quantitative estimate of drug-likeness (QED) is 0.506. The highest BCUT2D eigenvalue weighted by Crippen LogP contribution is 2.30. The third-order valence-corrected chi connectivity index (χ3v) is 3.99. The van der Waals surface area contributed by atoms with Crippen molar-refractivity contribution in [3.8, 4) is 11.5 Å². The molecule has 0 fully saturated rings. The highest BCUT2D eigenvalue weighted by molar-refractivity contribution is 5.95. The number of Topliss-reactive ketones (excluding diaryl/α,β-unsaturated/α-hetero) is 1. The van der Waals surface area contributed by atoms with E-state index in [1.807, 2.05) is 32.0 Å². The van der Waals surface area contributed by atoms with E-state index in [2.05, 4.69) is 13.5 Å². The van der Waals surface area contributed by atoms with Crippen LogP contribution in [-0.4, -0.2) is 20.0 Å². The molecule has 0 atom stereocenters. The van der Waals surface area contributed by atoms with Crippen LogP contribution in [0.4, 0.5) is 4.39 Å². The summed E-state index contributed by atoms with van der Waals surface area (Å²) < 4.78 is 23.2. The summed E-state index contributed by atoms with van der Waals surface area (Å²) in [5.74, 6) is 1.09. The second-order valence-electron chi connectivity index (χ2n) is 5.89. The fraction of sp³-hybridized carbons (Fsp3) is 0.375. The third-order valence-electron chi connectivity index (χ3n) is 3.99. The molecule has 0 aliphatic rings. The van der Waals surface area contributed by atoms with Gasteiger partial charge in [0.25, 0.3) is 0 Å². The molecule has 2 aromatic carbocycles. The molecule has 0 bridgehead atoms. The second kappa shape index (κ2) is 13.5. The van der Waals surface area contributed by atoms with E-state index in [1.54, 1.807) is 33.3 Å². The maximum atomic E-state index is 12.8. The van der Waals surface area contributed by atoms with Crippen LogP contribution in [0.25, 0.3) is 5.57 Å². The minimum Gasteiger partial charge on any atom is -0.493 e. The van der Waals surface area contributed by atoms with E-state index in [0.717, 1.165) is 35.5 Å². The van der Waals surface area contributed by atoms with Crippen molar-refractivity contribution in [2.45, 2.75) is 47.5 Å². The molecule has 0 unspecified atom stereocenters. The molecule has 28 heavy (non-hydrogen) atoms. The zero-order valence-electron chi connectivity index (χ0n) is 18.2. The lowest BCUT2D eigenvalue weighted by Gasteiger charge is -2.10. The number of carbonyl (C=O) groups excluding carboxylic acids is 1. The van der Waals surface area contributed by atoms with Gasteiger partial charge in [0.1, 0.15) is 5.82 Å². The average molecular weight is 389 g/mol. The number of halogens is 1. The number of ether oxygens (including phenoxy) is 2. The maximum Gasteiger partial charge on any atom is 0.161 e. The first-order valence-electron chi connectivity index (χ1n) is 9.51. The van der Waals surface area contributed by atoms with E-state index < -0.39 is 0 Å². The van der Waals surface area contributed by atoms with Crippen LogP contribution in [0.3, 0.4) is 0 Å². The van der Waals surface area contributed by atoms with E-state index in [1.165, 1.54) is 13.0 Å². The monoisotopic (exact) mass is 388 g/mol. The van der Waals surface area contributed by atoms with Crippen LogP contribution in [0.5, 0.6) is 11.5 Å². The van der Waals surface area contributed by atoms with Gasteiger partial charge in [0.15, 0.2) is 17.3 Å². The van der Waals surface area contributed by atoms with E-state index in [-0.39, 0.29) is 11.6 Å². The van der Waals surface area contributed by atoms with Crippen molar-refractivity contribution < 1.29 is 18.7 Å². The average Bonchev–Trinajstić information content (AvgIpc) is 2.71. The topological polar surface area (TPSA) is 35.5 Å². The Bertz CT molecular complexity index is 766. The van der Waals surface area contributed by atoms with Gasteiger partial charge in [-0.25, -0.2) is 4.39 Å². The van der Waals surface area contributed by atoms with Crippen LogP contribution < -0.4 is 9.47 Å². The van der Waals surface area contributed by atoms with Crippen molar-refractivity contribution >= 4 is 11.4 Å². The Kier molecular flexibility index (Phi) is 12.3. The summed E-state index contributed by atoms with van der Waals surface area (Å²) in [4.78, 5) is 10.9. The Morgan fingerprint density at radius 3 is 2.14 bits per heavy atom. The number of rotatable bonds is 6. The predicted molar refractivity (Wildman–Crippen MR) is 116 cm³/mol. The van der Waals surface area contributed by atoms with Crippen LogP contribution in [0.15, 0.2) is 43.0 Å². The SMILES string of the molecule is C=C(CCC)c1ccc(OC)c(OC)c1.CC.CC(=O)c1cccc(F)c1C. The third kappa shape index (κ3) is 7.55. The number of methoxy groups -OCH3 is 2. The van der Waals surface area contributed by atoms with Crippen molar-refractivity contribution in [2.24, 2.45) is 0 Å². The lowest BCUT2D eigenvalue weighted by molar-refractivity contribution is 0.101. The van der Waals surface area contributed by atoms with Crippen molar-refractivity contribution in [3.05, 3.63) is 65.5 Å². The fourth-order valence-electron chi connectivity index (χ4n) is 2.49. The lowest BCUT2D eigenvalue weighted by atomic mass is 10.0. The van der Waals surface area contributed by atoms with Gasteiger partial charge in [-0.05, 0) is 55.2 Å². The van der Waals surface area contributed by atoms with Gasteiger partial charge in [-0.3, -0.25) is 4.79 Å². The summed E-state index contributed by atoms with van der Waals surface area (Å²) in [6.45, 7) is 13.2. The van der Waals surface area contributed by atoms with Gasteiger partial charge in [0, 0.05) is 5.56 Å². The first-order chi connectivity index (χ1) is 13.3. The normalized spacial score (nSPS) is 9.29. The summed E-state index contributed by atoms with van der Waals surface area (Å²) in [6, 6.07) is 10.4. The number of hydrogen-bond donors (Lipinski definition) is 0. The van der Waals surface area contributed by atoms with Crippen LogP contribution in [0, 0.1) is 12.7 Å². The Balaban J connectivity index is 0.000000497. The standard InChI is InChI=1S/C13H18O2.C9H9FO.C2H6/c1-5-6-10(2)11-7-8-12(14-3)13(9-11)15-4;1-6-8(7(2)11)4-3-5-9(6)10;1-2/h7-9H,2,5-6H2,1,3-4H3;3-5H,1-2H3;1-2H3. The highest BCUT2D eigenvalue weighted by Gasteiger charge is 2.06. The molecular weight excluding hydrogens is 355 g/mol. The van der Waals surface area contributed by atoms with Crippen molar-refractivity contribution in [3.63, 3.8) is 0 Å². The Morgan fingerprint density at radius 1 is 1.07 bits per heavy atom. The van der Waals surface area contributed by atoms with Crippen molar-refractivity contribution in [1.82, 2.24) is 0 Å². The number of ketones is 1. The van der Waals surface area contributed by atoms with Gasteiger partial charge in [0.05, 0.1) is 14.2 Å². The first kappa shape index (κ1) is 25.4. The Labute approximate surface area is 169 Å². The smallest absolute Gasteiger partial charge is 0.161 e. The number of allylic oxidation sites excluding steroid dienone is 1. The molecule has 0 N–H and O–H groups in total. The molecule has 0 saturated carbocycles. The molecule has 154 valence electrons. The van der Waals surface area contributed by atoms with E-state index >= 15 is 0 Å². The summed E-state index contributed by atoms with van der Waals surface area (Å²) in [5, 5.41) is 0. The molecule has 0 saturated heterocycles. The largest absolute Gasteiger partial charge is 0.493 e. The summed E-state index contributed by atoms with van der Waals surface area (Å²) in [5.41, 5.74) is 3.15. The van der Waals surface area contributed by atoms with Gasteiger partial charge in [-0.1, -0.05) is 52.0 Å². The van der Waals surface area contributed by atoms with Gasteiger partial charge >= 0.3 is 0 Å².